The van der Waals surface area contributed by atoms with Gasteiger partial charge in [-0.1, -0.05) is 36.4 Å². The molecule has 3 aromatic rings. The van der Waals surface area contributed by atoms with Gasteiger partial charge in [0.2, 0.25) is 0 Å². The van der Waals surface area contributed by atoms with Gasteiger partial charge < -0.3 is 4.42 Å². The molecular weight excluding hydrogens is 308 g/mol. The predicted molar refractivity (Wildman–Crippen MR) is 92.9 cm³/mol. The van der Waals surface area contributed by atoms with E-state index in [2.05, 4.69) is 11.6 Å². The van der Waals surface area contributed by atoms with Crippen molar-refractivity contribution in [1.29, 1.82) is 0 Å². The van der Waals surface area contributed by atoms with Gasteiger partial charge in [0, 0.05) is 23.1 Å². The zero-order valence-corrected chi connectivity index (χ0v) is 13.5. The van der Waals surface area contributed by atoms with E-state index in [0.29, 0.717) is 17.4 Å². The second-order valence-electron chi connectivity index (χ2n) is 5.02. The standard InChI is InChI=1S/C18H16N2O2S/c1-3-10-20(17(21)16-13(2)9-11-22-16)18-19-15(12-23-18)14-7-5-4-6-8-14/h3-9,11-12H,1,10H2,2H3. The molecule has 0 saturated carbocycles. The van der Waals surface area contributed by atoms with Gasteiger partial charge in [0.25, 0.3) is 5.91 Å². The molecule has 0 bridgehead atoms. The summed E-state index contributed by atoms with van der Waals surface area (Å²) in [4.78, 5) is 18.9. The van der Waals surface area contributed by atoms with Crippen molar-refractivity contribution in [2.45, 2.75) is 6.92 Å². The molecule has 4 nitrogen and oxygen atoms in total. The topological polar surface area (TPSA) is 46.3 Å². The highest BCUT2D eigenvalue weighted by molar-refractivity contribution is 7.14. The summed E-state index contributed by atoms with van der Waals surface area (Å²) in [5, 5.41) is 2.58. The van der Waals surface area contributed by atoms with E-state index in [0.717, 1.165) is 16.8 Å². The Morgan fingerprint density at radius 1 is 1.35 bits per heavy atom. The first-order valence-electron chi connectivity index (χ1n) is 7.18. The van der Waals surface area contributed by atoms with E-state index in [1.54, 1.807) is 17.0 Å². The molecule has 3 rings (SSSR count). The molecule has 1 amide bonds. The van der Waals surface area contributed by atoms with E-state index >= 15 is 0 Å². The van der Waals surface area contributed by atoms with E-state index in [1.165, 1.54) is 17.6 Å². The van der Waals surface area contributed by atoms with Crippen molar-refractivity contribution in [1.82, 2.24) is 4.98 Å². The number of nitrogens with zero attached hydrogens (tertiary/aromatic N) is 2. The SMILES string of the molecule is C=CCN(C(=O)c1occc1C)c1nc(-c2ccccc2)cs1. The fourth-order valence-corrected chi connectivity index (χ4v) is 3.06. The molecule has 1 aromatic carbocycles. The van der Waals surface area contributed by atoms with Gasteiger partial charge in [-0.2, -0.15) is 0 Å². The number of carbonyl (C=O) groups is 1. The summed E-state index contributed by atoms with van der Waals surface area (Å²) in [5.74, 6) is 0.129. The summed E-state index contributed by atoms with van der Waals surface area (Å²) in [6.07, 6.45) is 3.20. The number of furan rings is 1. The van der Waals surface area contributed by atoms with Crippen LogP contribution in [0.3, 0.4) is 0 Å². The third-order valence-electron chi connectivity index (χ3n) is 3.41. The number of aryl methyl sites for hydroxylation is 1. The zero-order chi connectivity index (χ0) is 16.2. The largest absolute Gasteiger partial charge is 0.459 e. The molecule has 0 aliphatic heterocycles. The maximum atomic E-state index is 12.7. The summed E-state index contributed by atoms with van der Waals surface area (Å²) in [6, 6.07) is 11.7. The fraction of sp³-hybridized carbons (Fsp3) is 0.111. The van der Waals surface area contributed by atoms with Crippen LogP contribution in [-0.4, -0.2) is 17.4 Å². The number of thiazole rings is 1. The second-order valence-corrected chi connectivity index (χ2v) is 5.86. The van der Waals surface area contributed by atoms with Gasteiger partial charge in [-0.25, -0.2) is 4.98 Å². The molecule has 0 spiro atoms. The van der Waals surface area contributed by atoms with Crippen molar-refractivity contribution in [3.8, 4) is 11.3 Å². The summed E-state index contributed by atoms with van der Waals surface area (Å²) in [6.45, 7) is 5.95. The summed E-state index contributed by atoms with van der Waals surface area (Å²) in [7, 11) is 0. The first-order valence-corrected chi connectivity index (χ1v) is 8.06. The van der Waals surface area contributed by atoms with Gasteiger partial charge in [0.1, 0.15) is 0 Å². The number of rotatable bonds is 5. The van der Waals surface area contributed by atoms with Crippen LogP contribution in [-0.2, 0) is 0 Å². The molecule has 2 aromatic heterocycles. The minimum Gasteiger partial charge on any atom is -0.459 e. The Balaban J connectivity index is 1.93. The molecular formula is C18H16N2O2S. The van der Waals surface area contributed by atoms with Crippen molar-refractivity contribution in [2.24, 2.45) is 0 Å². The van der Waals surface area contributed by atoms with Crippen LogP contribution in [0.1, 0.15) is 16.1 Å². The number of aromatic nitrogens is 1. The number of anilines is 1. The molecule has 0 atom stereocenters. The van der Waals surface area contributed by atoms with Crippen LogP contribution in [0.2, 0.25) is 0 Å². The number of hydrogen-bond donors (Lipinski definition) is 0. The number of benzene rings is 1. The van der Waals surface area contributed by atoms with Crippen LogP contribution in [0, 0.1) is 6.92 Å². The molecule has 5 heteroatoms. The van der Waals surface area contributed by atoms with Crippen molar-refractivity contribution in [3.05, 3.63) is 72.0 Å². The van der Waals surface area contributed by atoms with Crippen LogP contribution in [0.15, 0.2) is 65.1 Å². The quantitative estimate of drug-likeness (QED) is 0.647. The highest BCUT2D eigenvalue weighted by atomic mass is 32.1. The second kappa shape index (κ2) is 6.62. The van der Waals surface area contributed by atoms with E-state index < -0.39 is 0 Å². The van der Waals surface area contributed by atoms with Gasteiger partial charge in [-0.05, 0) is 13.0 Å². The Labute approximate surface area is 138 Å². The smallest absolute Gasteiger partial charge is 0.296 e. The van der Waals surface area contributed by atoms with Crippen LogP contribution < -0.4 is 4.90 Å². The molecule has 116 valence electrons. The van der Waals surface area contributed by atoms with Crippen molar-refractivity contribution >= 4 is 22.4 Å². The fourth-order valence-electron chi connectivity index (χ4n) is 2.22. The Bertz CT molecular complexity index is 820. The lowest BCUT2D eigenvalue weighted by Gasteiger charge is -2.16. The third-order valence-corrected chi connectivity index (χ3v) is 4.27. The van der Waals surface area contributed by atoms with Gasteiger partial charge >= 0.3 is 0 Å². The van der Waals surface area contributed by atoms with Gasteiger partial charge in [0.15, 0.2) is 10.9 Å². The highest BCUT2D eigenvalue weighted by Gasteiger charge is 2.23. The Morgan fingerprint density at radius 2 is 2.13 bits per heavy atom. The minimum atomic E-state index is -0.207. The van der Waals surface area contributed by atoms with Crippen LogP contribution in [0.25, 0.3) is 11.3 Å². The van der Waals surface area contributed by atoms with Gasteiger partial charge in [-0.15, -0.1) is 17.9 Å². The summed E-state index contributed by atoms with van der Waals surface area (Å²) < 4.78 is 5.32. The number of hydrogen-bond acceptors (Lipinski definition) is 4. The van der Waals surface area contributed by atoms with Crippen LogP contribution in [0.5, 0.6) is 0 Å². The normalized spacial score (nSPS) is 10.5. The Hall–Kier alpha value is -2.66. The van der Waals surface area contributed by atoms with Gasteiger partial charge in [0.05, 0.1) is 12.0 Å². The summed E-state index contributed by atoms with van der Waals surface area (Å²) >= 11 is 1.43. The lowest BCUT2D eigenvalue weighted by molar-refractivity contribution is 0.0962. The molecule has 0 unspecified atom stereocenters. The lowest BCUT2D eigenvalue weighted by Crippen LogP contribution is -2.31. The monoisotopic (exact) mass is 324 g/mol. The Kier molecular flexibility index (Phi) is 4.39. The van der Waals surface area contributed by atoms with Gasteiger partial charge in [-0.3, -0.25) is 9.69 Å². The minimum absolute atomic E-state index is 0.207. The summed E-state index contributed by atoms with van der Waals surface area (Å²) in [5.41, 5.74) is 2.68. The van der Waals surface area contributed by atoms with E-state index in [1.807, 2.05) is 42.6 Å². The predicted octanol–water partition coefficient (Wildman–Crippen LogP) is 4.54. The van der Waals surface area contributed by atoms with E-state index in [9.17, 15) is 4.79 Å². The average Bonchev–Trinajstić information content (AvgIpc) is 3.22. The first-order chi connectivity index (χ1) is 11.2. The third kappa shape index (κ3) is 3.10. The van der Waals surface area contributed by atoms with Crippen LogP contribution in [0.4, 0.5) is 5.13 Å². The van der Waals surface area contributed by atoms with Crippen molar-refractivity contribution in [3.63, 3.8) is 0 Å². The highest BCUT2D eigenvalue weighted by Crippen LogP contribution is 2.28. The van der Waals surface area contributed by atoms with Crippen LogP contribution >= 0.6 is 11.3 Å². The van der Waals surface area contributed by atoms with E-state index in [-0.39, 0.29) is 5.91 Å². The lowest BCUT2D eigenvalue weighted by atomic mass is 10.2. The van der Waals surface area contributed by atoms with Crippen molar-refractivity contribution in [2.75, 3.05) is 11.4 Å². The molecule has 0 radical (unpaired) electrons. The first kappa shape index (κ1) is 15.2. The van der Waals surface area contributed by atoms with Crippen molar-refractivity contribution < 1.29 is 9.21 Å². The molecule has 2 heterocycles. The zero-order valence-electron chi connectivity index (χ0n) is 12.7. The maximum absolute atomic E-state index is 12.7. The molecule has 0 saturated heterocycles. The molecule has 0 fully saturated rings. The molecule has 0 aliphatic rings. The van der Waals surface area contributed by atoms with E-state index in [4.69, 9.17) is 4.42 Å². The maximum Gasteiger partial charge on any atom is 0.296 e. The number of amides is 1. The number of carbonyl (C=O) groups excluding carboxylic acids is 1. The Morgan fingerprint density at radius 3 is 2.78 bits per heavy atom. The molecule has 0 N–H and O–H groups in total. The average molecular weight is 324 g/mol. The molecule has 23 heavy (non-hydrogen) atoms. The molecule has 0 aliphatic carbocycles.